The van der Waals surface area contributed by atoms with Gasteiger partial charge in [-0.05, 0) is 49.2 Å². The largest absolute Gasteiger partial charge is 0.497 e. The van der Waals surface area contributed by atoms with Gasteiger partial charge in [0.2, 0.25) is 5.91 Å². The molecule has 2 aromatic carbocycles. The maximum Gasteiger partial charge on any atom is 0.254 e. The molecule has 0 saturated carbocycles. The van der Waals surface area contributed by atoms with Crippen LogP contribution in [0.25, 0.3) is 0 Å². The van der Waals surface area contributed by atoms with Crippen molar-refractivity contribution in [2.75, 3.05) is 19.0 Å². The van der Waals surface area contributed by atoms with Crippen molar-refractivity contribution in [1.82, 2.24) is 4.90 Å². The van der Waals surface area contributed by atoms with Gasteiger partial charge in [0.25, 0.3) is 5.91 Å². The number of amides is 2. The number of benzene rings is 2. The molecule has 2 aromatic rings. The van der Waals surface area contributed by atoms with Gasteiger partial charge in [0, 0.05) is 23.9 Å². The molecule has 0 unspecified atom stereocenters. The zero-order valence-corrected chi connectivity index (χ0v) is 13.9. The monoisotopic (exact) mass is 342 g/mol. The molecular weight excluding hydrogens is 323 g/mol. The molecule has 5 nitrogen and oxygen atoms in total. The normalized spacial score (nSPS) is 16.6. The maximum absolute atomic E-state index is 13.0. The number of hydrogen-bond acceptors (Lipinski definition) is 3. The van der Waals surface area contributed by atoms with Crippen molar-refractivity contribution in [3.63, 3.8) is 0 Å². The molecule has 3 rings (SSSR count). The van der Waals surface area contributed by atoms with Crippen LogP contribution in [0.15, 0.2) is 48.5 Å². The third-order valence-corrected chi connectivity index (χ3v) is 4.24. The number of carbonyl (C=O) groups is 2. The van der Waals surface area contributed by atoms with E-state index in [0.29, 0.717) is 30.0 Å². The molecule has 1 saturated heterocycles. The average molecular weight is 342 g/mol. The number of nitrogens with one attached hydrogen (secondary N) is 1. The summed E-state index contributed by atoms with van der Waals surface area (Å²) in [5.74, 6) is -0.252. The van der Waals surface area contributed by atoms with Gasteiger partial charge in [0.05, 0.1) is 7.11 Å². The second kappa shape index (κ2) is 7.34. The van der Waals surface area contributed by atoms with Crippen molar-refractivity contribution >= 4 is 17.5 Å². The summed E-state index contributed by atoms with van der Waals surface area (Å²) in [5.41, 5.74) is 0.993. The minimum atomic E-state index is -0.538. The predicted octanol–water partition coefficient (Wildman–Crippen LogP) is 3.08. The molecule has 0 aliphatic carbocycles. The zero-order valence-electron chi connectivity index (χ0n) is 13.9. The fraction of sp³-hybridized carbons (Fsp3) is 0.263. The lowest BCUT2D eigenvalue weighted by Crippen LogP contribution is -2.43. The first-order valence-corrected chi connectivity index (χ1v) is 8.10. The minimum Gasteiger partial charge on any atom is -0.497 e. The van der Waals surface area contributed by atoms with E-state index in [1.807, 2.05) is 0 Å². The van der Waals surface area contributed by atoms with E-state index < -0.39 is 11.9 Å². The van der Waals surface area contributed by atoms with E-state index in [9.17, 15) is 14.0 Å². The van der Waals surface area contributed by atoms with E-state index in [-0.39, 0.29) is 11.8 Å². The maximum atomic E-state index is 13.0. The summed E-state index contributed by atoms with van der Waals surface area (Å²) in [6.07, 6.45) is 1.35. The third kappa shape index (κ3) is 3.79. The van der Waals surface area contributed by atoms with Crippen molar-refractivity contribution in [3.8, 4) is 5.75 Å². The van der Waals surface area contributed by atoms with Gasteiger partial charge in [-0.1, -0.05) is 6.07 Å². The summed E-state index contributed by atoms with van der Waals surface area (Å²) < 4.78 is 18.2. The number of methoxy groups -OCH3 is 1. The Bertz CT molecular complexity index is 776. The van der Waals surface area contributed by atoms with E-state index >= 15 is 0 Å². The average Bonchev–Trinajstić information content (AvgIpc) is 3.12. The summed E-state index contributed by atoms with van der Waals surface area (Å²) in [5, 5.41) is 2.83. The van der Waals surface area contributed by atoms with Crippen LogP contribution in [0.4, 0.5) is 10.1 Å². The molecule has 25 heavy (non-hydrogen) atoms. The van der Waals surface area contributed by atoms with Crippen LogP contribution in [-0.4, -0.2) is 36.4 Å². The number of rotatable bonds is 4. The molecule has 1 fully saturated rings. The molecule has 1 atom stereocenters. The third-order valence-electron chi connectivity index (χ3n) is 4.24. The Balaban J connectivity index is 1.73. The summed E-state index contributed by atoms with van der Waals surface area (Å²) in [4.78, 5) is 26.8. The molecule has 0 spiro atoms. The van der Waals surface area contributed by atoms with Crippen LogP contribution < -0.4 is 10.1 Å². The minimum absolute atomic E-state index is 0.235. The molecular formula is C19H19FN2O3. The van der Waals surface area contributed by atoms with E-state index in [1.54, 1.807) is 36.3 Å². The topological polar surface area (TPSA) is 58.6 Å². The number of likely N-dealkylation sites (tertiary alicyclic amines) is 1. The number of halogens is 1. The second-order valence-corrected chi connectivity index (χ2v) is 5.88. The van der Waals surface area contributed by atoms with Crippen molar-refractivity contribution in [1.29, 1.82) is 0 Å². The summed E-state index contributed by atoms with van der Waals surface area (Å²) in [6, 6.07) is 11.9. The molecule has 1 aliphatic rings. The molecule has 0 radical (unpaired) electrons. The molecule has 1 aliphatic heterocycles. The predicted molar refractivity (Wildman–Crippen MR) is 92.1 cm³/mol. The first kappa shape index (κ1) is 17.0. The number of hydrogen-bond donors (Lipinski definition) is 1. The molecule has 0 aromatic heterocycles. The number of ether oxygens (including phenoxy) is 1. The summed E-state index contributed by atoms with van der Waals surface area (Å²) in [6.45, 7) is 0.506. The van der Waals surface area contributed by atoms with E-state index in [0.717, 1.165) is 6.42 Å². The summed E-state index contributed by atoms with van der Waals surface area (Å²) >= 11 is 0. The fourth-order valence-electron chi connectivity index (χ4n) is 2.97. The van der Waals surface area contributed by atoms with Crippen LogP contribution in [0.2, 0.25) is 0 Å². The Hall–Kier alpha value is -2.89. The lowest BCUT2D eigenvalue weighted by atomic mass is 10.1. The molecule has 1 N–H and O–H groups in total. The standard InChI is InChI=1S/C19H19FN2O3/c1-25-16-5-2-4-15(12-16)21-18(23)17-6-3-11-22(17)19(24)13-7-9-14(20)10-8-13/h2,4-5,7-10,12,17H,3,6,11H2,1H3,(H,21,23)/t17-/m0/s1. The van der Waals surface area contributed by atoms with E-state index in [2.05, 4.69) is 5.32 Å². The van der Waals surface area contributed by atoms with Gasteiger partial charge in [0.1, 0.15) is 17.6 Å². The van der Waals surface area contributed by atoms with Gasteiger partial charge in [-0.2, -0.15) is 0 Å². The first-order valence-electron chi connectivity index (χ1n) is 8.10. The van der Waals surface area contributed by atoms with E-state index in [4.69, 9.17) is 4.74 Å². The fourth-order valence-corrected chi connectivity index (χ4v) is 2.97. The van der Waals surface area contributed by atoms with Crippen LogP contribution in [-0.2, 0) is 4.79 Å². The van der Waals surface area contributed by atoms with Crippen molar-refractivity contribution < 1.29 is 18.7 Å². The molecule has 6 heteroatoms. The second-order valence-electron chi connectivity index (χ2n) is 5.88. The van der Waals surface area contributed by atoms with Crippen LogP contribution >= 0.6 is 0 Å². The Labute approximate surface area is 145 Å². The Morgan fingerprint density at radius 3 is 2.68 bits per heavy atom. The van der Waals surface area contributed by atoms with Gasteiger partial charge in [0.15, 0.2) is 0 Å². The highest BCUT2D eigenvalue weighted by atomic mass is 19.1. The van der Waals surface area contributed by atoms with Gasteiger partial charge < -0.3 is 15.0 Å². The van der Waals surface area contributed by atoms with E-state index in [1.165, 1.54) is 24.3 Å². The number of anilines is 1. The Morgan fingerprint density at radius 1 is 1.20 bits per heavy atom. The van der Waals surface area contributed by atoms with Crippen LogP contribution in [0.3, 0.4) is 0 Å². The highest BCUT2D eigenvalue weighted by Gasteiger charge is 2.34. The van der Waals surface area contributed by atoms with Gasteiger partial charge in [-0.25, -0.2) is 4.39 Å². The molecule has 2 amide bonds. The number of nitrogens with zero attached hydrogens (tertiary/aromatic N) is 1. The van der Waals surface area contributed by atoms with Crippen LogP contribution in [0.5, 0.6) is 5.75 Å². The van der Waals surface area contributed by atoms with Gasteiger partial charge >= 0.3 is 0 Å². The smallest absolute Gasteiger partial charge is 0.254 e. The van der Waals surface area contributed by atoms with Crippen LogP contribution in [0, 0.1) is 5.82 Å². The molecule has 0 bridgehead atoms. The summed E-state index contributed by atoms with van der Waals surface area (Å²) in [7, 11) is 1.56. The molecule has 1 heterocycles. The highest BCUT2D eigenvalue weighted by Crippen LogP contribution is 2.23. The SMILES string of the molecule is COc1cccc(NC(=O)[C@@H]2CCCN2C(=O)c2ccc(F)cc2)c1. The van der Waals surface area contributed by atoms with Crippen molar-refractivity contribution in [3.05, 3.63) is 59.9 Å². The lowest BCUT2D eigenvalue weighted by Gasteiger charge is -2.24. The number of carbonyl (C=O) groups excluding carboxylic acids is 2. The lowest BCUT2D eigenvalue weighted by molar-refractivity contribution is -0.119. The van der Waals surface area contributed by atoms with Crippen molar-refractivity contribution in [2.24, 2.45) is 0 Å². The first-order chi connectivity index (χ1) is 12.1. The zero-order chi connectivity index (χ0) is 17.8. The van der Waals surface area contributed by atoms with Crippen LogP contribution in [0.1, 0.15) is 23.2 Å². The van der Waals surface area contributed by atoms with Gasteiger partial charge in [-0.15, -0.1) is 0 Å². The van der Waals surface area contributed by atoms with Crippen molar-refractivity contribution in [2.45, 2.75) is 18.9 Å². The van der Waals surface area contributed by atoms with Gasteiger partial charge in [-0.3, -0.25) is 9.59 Å². The Kier molecular flexibility index (Phi) is 4.97. The highest BCUT2D eigenvalue weighted by molar-refractivity contribution is 6.01. The quantitative estimate of drug-likeness (QED) is 0.929. The molecule has 130 valence electrons. The Morgan fingerprint density at radius 2 is 1.96 bits per heavy atom.